The first-order chi connectivity index (χ1) is 14.2. The molecule has 0 bridgehead atoms. The lowest BCUT2D eigenvalue weighted by Gasteiger charge is -2.13. The van der Waals surface area contributed by atoms with Gasteiger partial charge in [0.15, 0.2) is 17.5 Å². The van der Waals surface area contributed by atoms with Crippen molar-refractivity contribution in [1.29, 1.82) is 0 Å². The van der Waals surface area contributed by atoms with E-state index in [0.29, 0.717) is 0 Å². The Morgan fingerprint density at radius 1 is 0.967 bits per heavy atom. The van der Waals surface area contributed by atoms with Crippen molar-refractivity contribution in [3.05, 3.63) is 60.3 Å². The zero-order valence-electron chi connectivity index (χ0n) is 17.9. The minimum atomic E-state index is 0. The van der Waals surface area contributed by atoms with E-state index in [1.165, 1.54) is 16.5 Å². The summed E-state index contributed by atoms with van der Waals surface area (Å²) in [6.07, 6.45) is 4.05. The Kier molecular flexibility index (Phi) is 9.79. The van der Waals surface area contributed by atoms with E-state index in [2.05, 4.69) is 62.8 Å². The molecule has 0 aliphatic heterocycles. The molecule has 0 saturated heterocycles. The van der Waals surface area contributed by atoms with Crippen LogP contribution in [0.1, 0.15) is 12.0 Å². The molecule has 0 amide bonds. The molecule has 2 N–H and O–H groups in total. The Hall–Kier alpha value is -2.42. The molecule has 30 heavy (non-hydrogen) atoms. The summed E-state index contributed by atoms with van der Waals surface area (Å²) in [7, 11) is 5.10. The Bertz CT molecular complexity index is 955. The highest BCUT2D eigenvalue weighted by Crippen LogP contribution is 2.27. The summed E-state index contributed by atoms with van der Waals surface area (Å²) in [5.74, 6) is 2.32. The number of hydrogen-bond acceptors (Lipinski definition) is 3. The van der Waals surface area contributed by atoms with Gasteiger partial charge >= 0.3 is 0 Å². The van der Waals surface area contributed by atoms with Crippen molar-refractivity contribution in [2.45, 2.75) is 19.4 Å². The zero-order valence-corrected chi connectivity index (χ0v) is 20.2. The molecule has 0 aliphatic rings. The van der Waals surface area contributed by atoms with Crippen molar-refractivity contribution in [2.75, 3.05) is 34.4 Å². The summed E-state index contributed by atoms with van der Waals surface area (Å²) >= 11 is 0. The van der Waals surface area contributed by atoms with Gasteiger partial charge in [-0.1, -0.05) is 24.3 Å². The summed E-state index contributed by atoms with van der Waals surface area (Å²) < 4.78 is 12.9. The molecule has 0 unspecified atom stereocenters. The molecular weight excluding hydrogens is 491 g/mol. The van der Waals surface area contributed by atoms with Gasteiger partial charge in [0.25, 0.3) is 0 Å². The maximum atomic E-state index is 5.36. The number of aromatic nitrogens is 1. The number of para-hydroxylation sites is 1. The quantitative estimate of drug-likeness (QED) is 0.193. The first-order valence-electron chi connectivity index (χ1n) is 9.94. The zero-order chi connectivity index (χ0) is 20.5. The van der Waals surface area contributed by atoms with Gasteiger partial charge in [0, 0.05) is 38.4 Å². The number of methoxy groups -OCH3 is 2. The lowest BCUT2D eigenvalue weighted by atomic mass is 10.1. The van der Waals surface area contributed by atoms with Gasteiger partial charge in [0.2, 0.25) is 0 Å². The number of nitrogens with zero attached hydrogens (tertiary/aromatic N) is 2. The lowest BCUT2D eigenvalue weighted by molar-refractivity contribution is 0.354. The molecule has 3 aromatic rings. The Morgan fingerprint density at radius 3 is 2.50 bits per heavy atom. The molecule has 0 saturated carbocycles. The van der Waals surface area contributed by atoms with Gasteiger partial charge in [0.1, 0.15) is 0 Å². The molecule has 0 atom stereocenters. The van der Waals surface area contributed by atoms with E-state index < -0.39 is 0 Å². The summed E-state index contributed by atoms with van der Waals surface area (Å²) in [4.78, 5) is 4.31. The van der Waals surface area contributed by atoms with Crippen molar-refractivity contribution in [3.63, 3.8) is 0 Å². The van der Waals surface area contributed by atoms with Crippen LogP contribution in [0.5, 0.6) is 11.5 Å². The van der Waals surface area contributed by atoms with Gasteiger partial charge in [-0.2, -0.15) is 0 Å². The van der Waals surface area contributed by atoms with Crippen LogP contribution in [0.15, 0.2) is 59.7 Å². The number of rotatable bonds is 9. The maximum absolute atomic E-state index is 5.36. The van der Waals surface area contributed by atoms with Crippen LogP contribution in [0.2, 0.25) is 0 Å². The molecular formula is C23H31IN4O2. The van der Waals surface area contributed by atoms with Crippen molar-refractivity contribution < 1.29 is 9.47 Å². The second-order valence-corrected chi connectivity index (χ2v) is 6.79. The monoisotopic (exact) mass is 522 g/mol. The second-order valence-electron chi connectivity index (χ2n) is 6.79. The number of aryl methyl sites for hydroxylation is 1. The van der Waals surface area contributed by atoms with Crippen molar-refractivity contribution in [2.24, 2.45) is 4.99 Å². The number of ether oxygens (including phenoxy) is 2. The van der Waals surface area contributed by atoms with E-state index in [4.69, 9.17) is 9.47 Å². The molecule has 1 aromatic heterocycles. The van der Waals surface area contributed by atoms with E-state index in [1.54, 1.807) is 21.3 Å². The van der Waals surface area contributed by atoms with Crippen molar-refractivity contribution in [3.8, 4) is 11.5 Å². The molecule has 0 radical (unpaired) electrons. The predicted octanol–water partition coefficient (Wildman–Crippen LogP) is 4.07. The first kappa shape index (κ1) is 23.9. The molecule has 7 heteroatoms. The molecule has 0 aliphatic carbocycles. The Morgan fingerprint density at radius 2 is 1.73 bits per heavy atom. The molecule has 0 spiro atoms. The number of aliphatic imine (C=N–C) groups is 1. The summed E-state index contributed by atoms with van der Waals surface area (Å²) in [5.41, 5.74) is 2.47. The Balaban J connectivity index is 0.00000320. The molecule has 6 nitrogen and oxygen atoms in total. The van der Waals surface area contributed by atoms with E-state index in [0.717, 1.165) is 49.9 Å². The highest BCUT2D eigenvalue weighted by atomic mass is 127. The fourth-order valence-electron chi connectivity index (χ4n) is 3.37. The van der Waals surface area contributed by atoms with Gasteiger partial charge in [-0.15, -0.1) is 24.0 Å². The van der Waals surface area contributed by atoms with E-state index in [9.17, 15) is 0 Å². The van der Waals surface area contributed by atoms with Crippen LogP contribution in [-0.2, 0) is 13.0 Å². The maximum Gasteiger partial charge on any atom is 0.190 e. The standard InChI is InChI=1S/C23H30N4O2.HI/c1-24-23(26-14-11-18-9-10-21(28-2)22(17-18)29-3)25-13-6-15-27-16-12-19-7-4-5-8-20(19)27;/h4-5,7-10,12,16-17H,6,11,13-15H2,1-3H3,(H2,24,25,26);1H. The number of nitrogens with one attached hydrogen (secondary N) is 2. The van der Waals surface area contributed by atoms with E-state index >= 15 is 0 Å². The number of guanidine groups is 1. The minimum absolute atomic E-state index is 0. The van der Waals surface area contributed by atoms with Gasteiger partial charge in [-0.05, 0) is 48.1 Å². The van der Waals surface area contributed by atoms with Crippen LogP contribution in [0, 0.1) is 0 Å². The molecule has 3 rings (SSSR count). The van der Waals surface area contributed by atoms with Crippen LogP contribution < -0.4 is 20.1 Å². The van der Waals surface area contributed by atoms with Crippen LogP contribution in [-0.4, -0.2) is 44.9 Å². The molecule has 162 valence electrons. The highest BCUT2D eigenvalue weighted by molar-refractivity contribution is 14.0. The molecule has 1 heterocycles. The van der Waals surface area contributed by atoms with E-state index in [1.807, 2.05) is 12.1 Å². The topological polar surface area (TPSA) is 59.8 Å². The average molecular weight is 522 g/mol. The van der Waals surface area contributed by atoms with Crippen LogP contribution >= 0.6 is 24.0 Å². The van der Waals surface area contributed by atoms with Crippen LogP contribution in [0.4, 0.5) is 0 Å². The van der Waals surface area contributed by atoms with E-state index in [-0.39, 0.29) is 24.0 Å². The average Bonchev–Trinajstić information content (AvgIpc) is 3.18. The second kappa shape index (κ2) is 12.3. The highest BCUT2D eigenvalue weighted by Gasteiger charge is 2.05. The minimum Gasteiger partial charge on any atom is -0.493 e. The third kappa shape index (κ3) is 6.29. The van der Waals surface area contributed by atoms with Crippen molar-refractivity contribution in [1.82, 2.24) is 15.2 Å². The smallest absolute Gasteiger partial charge is 0.190 e. The van der Waals surface area contributed by atoms with Gasteiger partial charge in [-0.3, -0.25) is 4.99 Å². The van der Waals surface area contributed by atoms with Gasteiger partial charge in [0.05, 0.1) is 14.2 Å². The fraction of sp³-hybridized carbons (Fsp3) is 0.348. The van der Waals surface area contributed by atoms with Gasteiger partial charge in [-0.25, -0.2) is 0 Å². The normalized spacial score (nSPS) is 11.1. The van der Waals surface area contributed by atoms with Gasteiger partial charge < -0.3 is 24.7 Å². The Labute approximate surface area is 195 Å². The number of halogens is 1. The SMILES string of the molecule is CN=C(NCCCn1ccc2ccccc21)NCCc1ccc(OC)c(OC)c1.I. The largest absolute Gasteiger partial charge is 0.493 e. The third-order valence-corrected chi connectivity index (χ3v) is 4.93. The predicted molar refractivity (Wildman–Crippen MR) is 135 cm³/mol. The molecule has 2 aromatic carbocycles. The fourth-order valence-corrected chi connectivity index (χ4v) is 3.37. The summed E-state index contributed by atoms with van der Waals surface area (Å²) in [6, 6.07) is 16.6. The van der Waals surface area contributed by atoms with Crippen LogP contribution in [0.25, 0.3) is 10.9 Å². The first-order valence-corrected chi connectivity index (χ1v) is 9.94. The summed E-state index contributed by atoms with van der Waals surface area (Å²) in [5, 5.41) is 8.04. The molecule has 0 fully saturated rings. The number of fused-ring (bicyclic) bond motifs is 1. The lowest BCUT2D eigenvalue weighted by Crippen LogP contribution is -2.38. The third-order valence-electron chi connectivity index (χ3n) is 4.93. The van der Waals surface area contributed by atoms with Crippen LogP contribution in [0.3, 0.4) is 0 Å². The number of benzene rings is 2. The number of hydrogen-bond donors (Lipinski definition) is 2. The van der Waals surface area contributed by atoms with Crippen molar-refractivity contribution >= 4 is 40.8 Å². The summed E-state index contributed by atoms with van der Waals surface area (Å²) in [6.45, 7) is 2.63.